The molecule has 1 amide bonds. The van der Waals surface area contributed by atoms with Gasteiger partial charge in [0.05, 0.1) is 12.6 Å². The lowest BCUT2D eigenvalue weighted by Gasteiger charge is -2.33. The summed E-state index contributed by atoms with van der Waals surface area (Å²) in [6.07, 6.45) is 2.20. The van der Waals surface area contributed by atoms with E-state index in [0.717, 1.165) is 19.4 Å². The monoisotopic (exact) mass is 373 g/mol. The molecule has 0 radical (unpaired) electrons. The van der Waals surface area contributed by atoms with Crippen LogP contribution in [-0.4, -0.2) is 75.5 Å². The van der Waals surface area contributed by atoms with Crippen LogP contribution in [0.4, 0.5) is 0 Å². The van der Waals surface area contributed by atoms with Gasteiger partial charge in [0.25, 0.3) is 10.0 Å². The standard InChI is InChI=1S/C15H23N3O4S2/c19-14(16-11-13-3-1-9-22-13)12-17-5-7-18(8-6-17)24(20,21)15-4-2-10-23-15/h2,4,10,13H,1,3,5-9,11-12H2,(H,16,19)/t13-/m1/s1. The molecule has 2 fully saturated rings. The van der Waals surface area contributed by atoms with Crippen LogP contribution in [0.1, 0.15) is 12.8 Å². The Balaban J connectivity index is 1.42. The third-order valence-corrected chi connectivity index (χ3v) is 7.61. The highest BCUT2D eigenvalue weighted by molar-refractivity contribution is 7.91. The Morgan fingerprint density at radius 1 is 1.33 bits per heavy atom. The maximum Gasteiger partial charge on any atom is 0.252 e. The van der Waals surface area contributed by atoms with Gasteiger partial charge in [-0.1, -0.05) is 6.07 Å². The predicted octanol–water partition coefficient (Wildman–Crippen LogP) is 0.350. The lowest BCUT2D eigenvalue weighted by molar-refractivity contribution is -0.123. The minimum Gasteiger partial charge on any atom is -0.376 e. The number of piperazine rings is 1. The van der Waals surface area contributed by atoms with Crippen LogP contribution in [0.15, 0.2) is 21.7 Å². The number of sulfonamides is 1. The van der Waals surface area contributed by atoms with Crippen molar-refractivity contribution in [1.29, 1.82) is 0 Å². The highest BCUT2D eigenvalue weighted by Crippen LogP contribution is 2.21. The molecule has 2 saturated heterocycles. The fraction of sp³-hybridized carbons (Fsp3) is 0.667. The molecule has 1 aromatic heterocycles. The number of thiophene rings is 1. The SMILES string of the molecule is O=C(CN1CCN(S(=O)(=O)c2cccs2)CC1)NC[C@H]1CCCO1. The smallest absolute Gasteiger partial charge is 0.252 e. The fourth-order valence-corrected chi connectivity index (χ4v) is 5.52. The number of hydrogen-bond donors (Lipinski definition) is 1. The molecule has 7 nitrogen and oxygen atoms in total. The summed E-state index contributed by atoms with van der Waals surface area (Å²) in [7, 11) is -3.38. The summed E-state index contributed by atoms with van der Waals surface area (Å²) >= 11 is 1.23. The van der Waals surface area contributed by atoms with Crippen molar-refractivity contribution in [2.24, 2.45) is 0 Å². The van der Waals surface area contributed by atoms with Crippen LogP contribution >= 0.6 is 11.3 Å². The van der Waals surface area contributed by atoms with E-state index in [1.54, 1.807) is 17.5 Å². The number of rotatable bonds is 6. The average Bonchev–Trinajstić information content (AvgIpc) is 3.27. The second-order valence-electron chi connectivity index (χ2n) is 6.05. The Hall–Kier alpha value is -1.00. The first-order valence-corrected chi connectivity index (χ1v) is 10.5. The van der Waals surface area contributed by atoms with Crippen LogP contribution in [0.25, 0.3) is 0 Å². The topological polar surface area (TPSA) is 79.0 Å². The van der Waals surface area contributed by atoms with Crippen molar-refractivity contribution in [3.05, 3.63) is 17.5 Å². The van der Waals surface area contributed by atoms with Crippen LogP contribution in [0, 0.1) is 0 Å². The number of hydrogen-bond acceptors (Lipinski definition) is 6. The van der Waals surface area contributed by atoms with Crippen LogP contribution < -0.4 is 5.32 Å². The molecule has 134 valence electrons. The Kier molecular flexibility index (Phi) is 5.88. The zero-order chi connectivity index (χ0) is 17.0. The van der Waals surface area contributed by atoms with Crippen LogP contribution in [0.3, 0.4) is 0 Å². The molecule has 0 unspecified atom stereocenters. The Morgan fingerprint density at radius 3 is 2.75 bits per heavy atom. The number of carbonyl (C=O) groups is 1. The van der Waals surface area contributed by atoms with E-state index in [2.05, 4.69) is 5.32 Å². The normalized spacial score (nSPS) is 23.4. The summed E-state index contributed by atoms with van der Waals surface area (Å²) in [6.45, 7) is 3.61. The van der Waals surface area contributed by atoms with Gasteiger partial charge in [-0.25, -0.2) is 8.42 Å². The van der Waals surface area contributed by atoms with Crippen molar-refractivity contribution in [3.8, 4) is 0 Å². The molecule has 2 aliphatic heterocycles. The highest BCUT2D eigenvalue weighted by Gasteiger charge is 2.29. The number of nitrogens with one attached hydrogen (secondary N) is 1. The molecule has 9 heteroatoms. The molecule has 2 aliphatic rings. The molecule has 3 heterocycles. The lowest BCUT2D eigenvalue weighted by atomic mass is 10.2. The molecule has 24 heavy (non-hydrogen) atoms. The molecule has 0 aliphatic carbocycles. The van der Waals surface area contributed by atoms with Crippen LogP contribution in [0.5, 0.6) is 0 Å². The first-order valence-electron chi connectivity index (χ1n) is 8.20. The molecule has 0 bridgehead atoms. The maximum atomic E-state index is 12.5. The quantitative estimate of drug-likeness (QED) is 0.778. The van der Waals surface area contributed by atoms with Crippen molar-refractivity contribution in [3.63, 3.8) is 0 Å². The van der Waals surface area contributed by atoms with Crippen molar-refractivity contribution in [1.82, 2.24) is 14.5 Å². The van der Waals surface area contributed by atoms with E-state index < -0.39 is 10.0 Å². The van der Waals surface area contributed by atoms with Crippen molar-refractivity contribution in [2.75, 3.05) is 45.9 Å². The highest BCUT2D eigenvalue weighted by atomic mass is 32.2. The second kappa shape index (κ2) is 7.92. The first kappa shape index (κ1) is 17.8. The molecule has 0 saturated carbocycles. The lowest BCUT2D eigenvalue weighted by Crippen LogP contribution is -2.51. The van der Waals surface area contributed by atoms with E-state index >= 15 is 0 Å². The van der Waals surface area contributed by atoms with E-state index in [1.165, 1.54) is 15.6 Å². The van der Waals surface area contributed by atoms with Gasteiger partial charge < -0.3 is 10.1 Å². The van der Waals surface area contributed by atoms with E-state index in [-0.39, 0.29) is 12.0 Å². The number of carbonyl (C=O) groups excluding carboxylic acids is 1. The summed E-state index contributed by atoms with van der Waals surface area (Å²) in [5.41, 5.74) is 0. The fourth-order valence-electron chi connectivity index (χ4n) is 2.96. The maximum absolute atomic E-state index is 12.5. The Bertz CT molecular complexity index is 634. The molecule has 0 spiro atoms. The van der Waals surface area contributed by atoms with Crippen LogP contribution in [-0.2, 0) is 19.6 Å². The number of amides is 1. The first-order chi connectivity index (χ1) is 11.6. The van der Waals surface area contributed by atoms with E-state index in [9.17, 15) is 13.2 Å². The van der Waals surface area contributed by atoms with Crippen LogP contribution in [0.2, 0.25) is 0 Å². The van der Waals surface area contributed by atoms with Gasteiger partial charge in [-0.05, 0) is 24.3 Å². The molecular formula is C15H23N3O4S2. The number of ether oxygens (including phenoxy) is 1. The summed E-state index contributed by atoms with van der Waals surface area (Å²) in [5.74, 6) is -0.0277. The number of nitrogens with zero attached hydrogens (tertiary/aromatic N) is 2. The Morgan fingerprint density at radius 2 is 2.12 bits per heavy atom. The summed E-state index contributed by atoms with van der Waals surface area (Å²) in [4.78, 5) is 14.0. The zero-order valence-corrected chi connectivity index (χ0v) is 15.2. The van der Waals surface area contributed by atoms with Gasteiger partial charge in [-0.3, -0.25) is 9.69 Å². The largest absolute Gasteiger partial charge is 0.376 e. The van der Waals surface area contributed by atoms with E-state index in [4.69, 9.17) is 4.74 Å². The molecular weight excluding hydrogens is 350 g/mol. The average molecular weight is 374 g/mol. The molecule has 1 aromatic rings. The predicted molar refractivity (Wildman–Crippen MR) is 91.5 cm³/mol. The van der Waals surface area contributed by atoms with Gasteiger partial charge in [0, 0.05) is 39.3 Å². The third kappa shape index (κ3) is 4.34. The van der Waals surface area contributed by atoms with Crippen molar-refractivity contribution < 1.29 is 17.9 Å². The summed E-state index contributed by atoms with van der Waals surface area (Å²) < 4.78 is 32.3. The van der Waals surface area contributed by atoms with Gasteiger partial charge in [-0.15, -0.1) is 11.3 Å². The van der Waals surface area contributed by atoms with Gasteiger partial charge in [0.15, 0.2) is 0 Å². The van der Waals surface area contributed by atoms with E-state index in [1.807, 2.05) is 4.90 Å². The minimum absolute atomic E-state index is 0.0277. The molecule has 1 N–H and O–H groups in total. The molecule has 1 atom stereocenters. The zero-order valence-electron chi connectivity index (χ0n) is 13.5. The van der Waals surface area contributed by atoms with Crippen molar-refractivity contribution >= 4 is 27.3 Å². The second-order valence-corrected chi connectivity index (χ2v) is 9.16. The molecule has 3 rings (SSSR count). The van der Waals surface area contributed by atoms with E-state index in [0.29, 0.717) is 43.5 Å². The molecule has 0 aromatic carbocycles. The van der Waals surface area contributed by atoms with Gasteiger partial charge >= 0.3 is 0 Å². The Labute approximate surface area is 146 Å². The van der Waals surface area contributed by atoms with Crippen molar-refractivity contribution in [2.45, 2.75) is 23.2 Å². The van der Waals surface area contributed by atoms with Gasteiger partial charge in [-0.2, -0.15) is 4.31 Å². The van der Waals surface area contributed by atoms with Gasteiger partial charge in [0.1, 0.15) is 4.21 Å². The summed E-state index contributed by atoms with van der Waals surface area (Å²) in [5, 5.41) is 4.67. The third-order valence-electron chi connectivity index (χ3n) is 4.34. The minimum atomic E-state index is -3.38. The summed E-state index contributed by atoms with van der Waals surface area (Å²) in [6, 6.07) is 3.37. The van der Waals surface area contributed by atoms with Gasteiger partial charge in [0.2, 0.25) is 5.91 Å².